The number of aromatic amines is 1. The fourth-order valence-corrected chi connectivity index (χ4v) is 1.98. The third kappa shape index (κ3) is 5.24. The Hall–Kier alpha value is -3.16. The minimum Gasteiger partial charge on any atom is -0.483 e. The number of H-pyrrole nitrogens is 1. The number of methoxy groups -OCH3 is 1. The van der Waals surface area contributed by atoms with Crippen molar-refractivity contribution in [3.05, 3.63) is 41.6 Å². The van der Waals surface area contributed by atoms with Gasteiger partial charge >= 0.3 is 5.97 Å². The molecule has 0 radical (unpaired) electrons. The molecule has 2 rings (SSSR count). The van der Waals surface area contributed by atoms with Crippen LogP contribution in [0.2, 0.25) is 0 Å². The molecule has 128 valence electrons. The summed E-state index contributed by atoms with van der Waals surface area (Å²) in [6, 6.07) is 9.46. The van der Waals surface area contributed by atoms with Crippen LogP contribution in [0.15, 0.2) is 30.3 Å². The number of ether oxygens (including phenoxy) is 1. The maximum atomic E-state index is 12.3. The van der Waals surface area contributed by atoms with Gasteiger partial charge < -0.3 is 15.2 Å². The number of aryl methyl sites for hydroxylation is 1. The highest BCUT2D eigenvalue weighted by atomic mass is 16.5. The molecule has 1 heterocycles. The lowest BCUT2D eigenvalue weighted by Crippen LogP contribution is -2.27. The molecule has 1 amide bonds. The molecule has 0 spiro atoms. The molecule has 0 bridgehead atoms. The van der Waals surface area contributed by atoms with Crippen LogP contribution in [0.5, 0.6) is 0 Å². The second kappa shape index (κ2) is 9.78. The maximum absolute atomic E-state index is 12.3. The summed E-state index contributed by atoms with van der Waals surface area (Å²) in [5.41, 5.74) is 2.64. The standard InChI is InChI=1S/C15H17N3O3.CH2O2/c1-10-13(15(20)16-9-8-12(19)21-2)14(18-17-10)11-6-4-3-5-7-11;2-1-3/h3-7H,8-9H2,1-2H3,(H,16,20)(H,17,18);1H,(H,2,3). The Kier molecular flexibility index (Phi) is 7.69. The van der Waals surface area contributed by atoms with Gasteiger partial charge in [0, 0.05) is 17.8 Å². The SMILES string of the molecule is COC(=O)CCNC(=O)c1c(-c2ccccc2)n[nH]c1C.O=CO. The third-order valence-electron chi connectivity index (χ3n) is 3.06. The summed E-state index contributed by atoms with van der Waals surface area (Å²) in [5.74, 6) is -0.619. The van der Waals surface area contributed by atoms with E-state index in [9.17, 15) is 9.59 Å². The second-order valence-corrected chi connectivity index (χ2v) is 4.63. The summed E-state index contributed by atoms with van der Waals surface area (Å²) >= 11 is 0. The maximum Gasteiger partial charge on any atom is 0.307 e. The molecular formula is C16H19N3O5. The highest BCUT2D eigenvalue weighted by Gasteiger charge is 2.19. The number of nitrogens with one attached hydrogen (secondary N) is 2. The largest absolute Gasteiger partial charge is 0.483 e. The lowest BCUT2D eigenvalue weighted by molar-refractivity contribution is -0.140. The van der Waals surface area contributed by atoms with E-state index in [1.807, 2.05) is 30.3 Å². The first-order chi connectivity index (χ1) is 11.5. The minimum atomic E-state index is -0.359. The number of hydrogen-bond acceptors (Lipinski definition) is 5. The van der Waals surface area contributed by atoms with E-state index in [2.05, 4.69) is 20.3 Å². The van der Waals surface area contributed by atoms with Gasteiger partial charge in [0.2, 0.25) is 0 Å². The van der Waals surface area contributed by atoms with Crippen molar-refractivity contribution in [3.63, 3.8) is 0 Å². The predicted octanol–water partition coefficient (Wildman–Crippen LogP) is 1.38. The van der Waals surface area contributed by atoms with Gasteiger partial charge in [0.05, 0.1) is 19.1 Å². The molecule has 8 nitrogen and oxygen atoms in total. The van der Waals surface area contributed by atoms with Crippen molar-refractivity contribution in [2.45, 2.75) is 13.3 Å². The number of hydrogen-bond donors (Lipinski definition) is 3. The van der Waals surface area contributed by atoms with Gasteiger partial charge in [-0.05, 0) is 6.92 Å². The smallest absolute Gasteiger partial charge is 0.307 e. The lowest BCUT2D eigenvalue weighted by atomic mass is 10.1. The number of benzene rings is 1. The summed E-state index contributed by atoms with van der Waals surface area (Å²) < 4.78 is 4.53. The molecule has 0 aliphatic heterocycles. The van der Waals surface area contributed by atoms with Crippen LogP contribution in [0.1, 0.15) is 22.5 Å². The summed E-state index contributed by atoms with van der Waals surface area (Å²) in [5, 5.41) is 16.6. The van der Waals surface area contributed by atoms with Gasteiger partial charge in [-0.15, -0.1) is 0 Å². The van der Waals surface area contributed by atoms with E-state index in [4.69, 9.17) is 9.90 Å². The minimum absolute atomic E-state index is 0.139. The van der Waals surface area contributed by atoms with Gasteiger partial charge in [-0.1, -0.05) is 30.3 Å². The van der Waals surface area contributed by atoms with Crippen LogP contribution in [0.25, 0.3) is 11.3 Å². The summed E-state index contributed by atoms with van der Waals surface area (Å²) in [6.07, 6.45) is 0.139. The van der Waals surface area contributed by atoms with Crippen LogP contribution in [0.4, 0.5) is 0 Å². The number of nitrogens with zero attached hydrogens (tertiary/aromatic N) is 1. The zero-order chi connectivity index (χ0) is 17.9. The molecule has 0 fully saturated rings. The Bertz CT molecular complexity index is 682. The number of carbonyl (C=O) groups excluding carboxylic acids is 2. The van der Waals surface area contributed by atoms with Crippen LogP contribution < -0.4 is 5.32 Å². The fraction of sp³-hybridized carbons (Fsp3) is 0.250. The van der Waals surface area contributed by atoms with Gasteiger partial charge in [0.1, 0.15) is 5.69 Å². The van der Waals surface area contributed by atoms with Crippen molar-refractivity contribution in [2.75, 3.05) is 13.7 Å². The van der Waals surface area contributed by atoms with Crippen LogP contribution in [0.3, 0.4) is 0 Å². The monoisotopic (exact) mass is 333 g/mol. The van der Waals surface area contributed by atoms with E-state index in [1.54, 1.807) is 6.92 Å². The van der Waals surface area contributed by atoms with E-state index in [0.29, 0.717) is 17.0 Å². The topological polar surface area (TPSA) is 121 Å². The molecule has 0 aliphatic rings. The molecule has 3 N–H and O–H groups in total. The Morgan fingerprint density at radius 2 is 1.96 bits per heavy atom. The lowest BCUT2D eigenvalue weighted by Gasteiger charge is -2.06. The molecule has 0 aliphatic carbocycles. The summed E-state index contributed by atoms with van der Waals surface area (Å²) in [4.78, 5) is 31.7. The number of carbonyl (C=O) groups is 3. The number of aromatic nitrogens is 2. The van der Waals surface area contributed by atoms with Gasteiger partial charge in [-0.3, -0.25) is 19.5 Å². The van der Waals surface area contributed by atoms with E-state index in [1.165, 1.54) is 7.11 Å². The van der Waals surface area contributed by atoms with Crippen molar-refractivity contribution in [1.29, 1.82) is 0 Å². The van der Waals surface area contributed by atoms with Crippen LogP contribution in [0, 0.1) is 6.92 Å². The average molecular weight is 333 g/mol. The van der Waals surface area contributed by atoms with Gasteiger partial charge in [-0.2, -0.15) is 5.10 Å². The molecular weight excluding hydrogens is 314 g/mol. The van der Waals surface area contributed by atoms with E-state index in [0.717, 1.165) is 5.56 Å². The molecule has 1 aromatic heterocycles. The Balaban J connectivity index is 0.000000891. The van der Waals surface area contributed by atoms with Crippen molar-refractivity contribution in [3.8, 4) is 11.3 Å². The molecule has 0 saturated heterocycles. The van der Waals surface area contributed by atoms with Crippen LogP contribution >= 0.6 is 0 Å². The number of esters is 1. The summed E-state index contributed by atoms with van der Waals surface area (Å²) in [7, 11) is 1.32. The molecule has 0 atom stereocenters. The number of amides is 1. The first-order valence-electron chi connectivity index (χ1n) is 7.08. The first kappa shape index (κ1) is 18.9. The fourth-order valence-electron chi connectivity index (χ4n) is 1.98. The molecule has 2 aromatic rings. The van der Waals surface area contributed by atoms with Gasteiger partial charge in [0.15, 0.2) is 0 Å². The number of rotatable bonds is 5. The van der Waals surface area contributed by atoms with Crippen LogP contribution in [-0.2, 0) is 14.3 Å². The van der Waals surface area contributed by atoms with E-state index < -0.39 is 0 Å². The van der Waals surface area contributed by atoms with Crippen molar-refractivity contribution < 1.29 is 24.2 Å². The zero-order valence-electron chi connectivity index (χ0n) is 13.4. The highest BCUT2D eigenvalue weighted by molar-refractivity contribution is 6.01. The van der Waals surface area contributed by atoms with E-state index in [-0.39, 0.29) is 31.3 Å². The quantitative estimate of drug-likeness (QED) is 0.561. The van der Waals surface area contributed by atoms with Crippen molar-refractivity contribution >= 4 is 18.3 Å². The van der Waals surface area contributed by atoms with Gasteiger partial charge in [-0.25, -0.2) is 0 Å². The Morgan fingerprint density at radius 3 is 2.54 bits per heavy atom. The third-order valence-corrected chi connectivity index (χ3v) is 3.06. The Morgan fingerprint density at radius 1 is 1.33 bits per heavy atom. The van der Waals surface area contributed by atoms with Crippen molar-refractivity contribution in [2.24, 2.45) is 0 Å². The van der Waals surface area contributed by atoms with E-state index >= 15 is 0 Å². The number of carboxylic acid groups (broad SMARTS) is 1. The normalized spacial score (nSPS) is 9.42. The molecule has 1 aromatic carbocycles. The average Bonchev–Trinajstić information content (AvgIpc) is 2.97. The molecule has 0 unspecified atom stereocenters. The van der Waals surface area contributed by atoms with Crippen LogP contribution in [-0.4, -0.2) is 47.3 Å². The molecule has 8 heteroatoms. The predicted molar refractivity (Wildman–Crippen MR) is 86.4 cm³/mol. The molecule has 24 heavy (non-hydrogen) atoms. The molecule has 0 saturated carbocycles. The van der Waals surface area contributed by atoms with Gasteiger partial charge in [0.25, 0.3) is 12.4 Å². The van der Waals surface area contributed by atoms with Crippen molar-refractivity contribution in [1.82, 2.24) is 15.5 Å². The Labute approximate surface area is 138 Å². The first-order valence-corrected chi connectivity index (χ1v) is 7.08. The second-order valence-electron chi connectivity index (χ2n) is 4.63. The zero-order valence-corrected chi connectivity index (χ0v) is 13.4. The highest BCUT2D eigenvalue weighted by Crippen LogP contribution is 2.23. The summed E-state index contributed by atoms with van der Waals surface area (Å²) in [6.45, 7) is 1.76.